The molecule has 1 atom stereocenters. The average molecular weight is 385 g/mol. The average Bonchev–Trinajstić information content (AvgIpc) is 2.71. The molecule has 0 spiro atoms. The lowest BCUT2D eigenvalue weighted by Gasteiger charge is -2.33. The van der Waals surface area contributed by atoms with Gasteiger partial charge < -0.3 is 15.7 Å². The lowest BCUT2D eigenvalue weighted by molar-refractivity contribution is -0.119. The zero-order chi connectivity index (χ0) is 21.0. The Morgan fingerprint density at radius 3 is 2.34 bits per heavy atom. The number of phenols is 1. The number of aryl methyl sites for hydroxylation is 2. The first-order valence-electron chi connectivity index (χ1n) is 9.31. The molecule has 0 bridgehead atoms. The molecule has 0 radical (unpaired) electrons. The summed E-state index contributed by atoms with van der Waals surface area (Å²) < 4.78 is 0. The van der Waals surface area contributed by atoms with E-state index in [4.69, 9.17) is 11.0 Å². The molecule has 3 rings (SSSR count). The van der Waals surface area contributed by atoms with Crippen LogP contribution < -0.4 is 10.6 Å². The molecule has 3 aromatic carbocycles. The van der Waals surface area contributed by atoms with E-state index in [1.165, 1.54) is 0 Å². The lowest BCUT2D eigenvalue weighted by Crippen LogP contribution is -2.38. The number of hydrogen-bond acceptors (Lipinski definition) is 4. The van der Waals surface area contributed by atoms with Gasteiger partial charge >= 0.3 is 0 Å². The van der Waals surface area contributed by atoms with Gasteiger partial charge in [-0.2, -0.15) is 5.26 Å². The molecular formula is C24H23N3O2. The fraction of sp³-hybridized carbons (Fsp3) is 0.167. The van der Waals surface area contributed by atoms with Crippen LogP contribution >= 0.6 is 0 Å². The van der Waals surface area contributed by atoms with E-state index in [9.17, 15) is 9.90 Å². The zero-order valence-corrected chi connectivity index (χ0v) is 16.5. The first kappa shape index (κ1) is 20.0. The molecule has 0 saturated carbocycles. The van der Waals surface area contributed by atoms with Crippen molar-refractivity contribution in [2.75, 3.05) is 4.90 Å². The number of hydrogen-bond donors (Lipinski definition) is 2. The number of carbonyl (C=O) groups excluding carboxylic acids is 1. The number of nitrogens with zero attached hydrogens (tertiary/aromatic N) is 2. The Morgan fingerprint density at radius 1 is 1.10 bits per heavy atom. The summed E-state index contributed by atoms with van der Waals surface area (Å²) in [4.78, 5) is 14.5. The van der Waals surface area contributed by atoms with Crippen molar-refractivity contribution >= 4 is 11.6 Å². The van der Waals surface area contributed by atoms with Gasteiger partial charge in [0.05, 0.1) is 11.6 Å². The van der Waals surface area contributed by atoms with Crippen molar-refractivity contribution in [2.24, 2.45) is 5.73 Å². The van der Waals surface area contributed by atoms with Crippen LogP contribution in [0.25, 0.3) is 0 Å². The number of aromatic hydroxyl groups is 1. The van der Waals surface area contributed by atoms with Crippen molar-refractivity contribution in [3.63, 3.8) is 0 Å². The predicted octanol–water partition coefficient (Wildman–Crippen LogP) is 4.11. The normalized spacial score (nSPS) is 11.5. The van der Waals surface area contributed by atoms with E-state index in [1.807, 2.05) is 48.2 Å². The van der Waals surface area contributed by atoms with Crippen LogP contribution in [0, 0.1) is 25.2 Å². The van der Waals surface area contributed by atoms with Crippen LogP contribution in [-0.2, 0) is 11.3 Å². The van der Waals surface area contributed by atoms with Crippen molar-refractivity contribution < 1.29 is 9.90 Å². The molecule has 1 unspecified atom stereocenters. The Kier molecular flexibility index (Phi) is 5.85. The second-order valence-corrected chi connectivity index (χ2v) is 7.10. The smallest absolute Gasteiger partial charge is 0.244 e. The zero-order valence-electron chi connectivity index (χ0n) is 16.5. The van der Waals surface area contributed by atoms with Gasteiger partial charge in [0.1, 0.15) is 11.8 Å². The number of benzene rings is 3. The molecule has 146 valence electrons. The molecule has 29 heavy (non-hydrogen) atoms. The SMILES string of the molecule is Cc1cc(C)c(O)c(C(C(N)=O)N(Cc2ccccc2)c2ccc(C#N)cc2)c1. The third kappa shape index (κ3) is 4.39. The lowest BCUT2D eigenvalue weighted by atomic mass is 9.96. The van der Waals surface area contributed by atoms with Crippen molar-refractivity contribution in [1.29, 1.82) is 5.26 Å². The summed E-state index contributed by atoms with van der Waals surface area (Å²) in [7, 11) is 0. The molecule has 3 aromatic rings. The molecule has 0 aliphatic heterocycles. The van der Waals surface area contributed by atoms with Gasteiger partial charge in [0.2, 0.25) is 5.91 Å². The van der Waals surface area contributed by atoms with Crippen molar-refractivity contribution in [2.45, 2.75) is 26.4 Å². The van der Waals surface area contributed by atoms with Gasteiger partial charge in [0, 0.05) is 17.8 Å². The fourth-order valence-electron chi connectivity index (χ4n) is 3.52. The van der Waals surface area contributed by atoms with Crippen molar-refractivity contribution in [1.82, 2.24) is 0 Å². The Bertz CT molecular complexity index is 1050. The molecular weight excluding hydrogens is 362 g/mol. The van der Waals surface area contributed by atoms with E-state index in [2.05, 4.69) is 6.07 Å². The fourth-order valence-corrected chi connectivity index (χ4v) is 3.52. The number of amides is 1. The van der Waals surface area contributed by atoms with E-state index in [1.54, 1.807) is 37.3 Å². The van der Waals surface area contributed by atoms with Crippen LogP contribution in [0.4, 0.5) is 5.69 Å². The Morgan fingerprint density at radius 2 is 1.76 bits per heavy atom. The maximum atomic E-state index is 12.6. The number of nitriles is 1. The highest BCUT2D eigenvalue weighted by Crippen LogP contribution is 2.36. The van der Waals surface area contributed by atoms with E-state index in [0.29, 0.717) is 23.2 Å². The summed E-state index contributed by atoms with van der Waals surface area (Å²) in [6.45, 7) is 4.12. The first-order chi connectivity index (χ1) is 13.9. The maximum Gasteiger partial charge on any atom is 0.244 e. The van der Waals surface area contributed by atoms with E-state index < -0.39 is 11.9 Å². The minimum atomic E-state index is -0.873. The molecule has 3 N–H and O–H groups in total. The predicted molar refractivity (Wildman–Crippen MR) is 113 cm³/mol. The van der Waals surface area contributed by atoms with Gasteiger partial charge in [0.25, 0.3) is 0 Å². The topological polar surface area (TPSA) is 90.3 Å². The highest BCUT2D eigenvalue weighted by atomic mass is 16.3. The number of nitrogens with two attached hydrogens (primary N) is 1. The van der Waals surface area contributed by atoms with Gasteiger partial charge in [-0.3, -0.25) is 4.79 Å². The van der Waals surface area contributed by atoms with E-state index in [-0.39, 0.29) is 5.75 Å². The Labute approximate surface area is 170 Å². The number of phenolic OH excluding ortho intramolecular Hbond substituents is 1. The van der Waals surface area contributed by atoms with Gasteiger partial charge in [-0.1, -0.05) is 42.0 Å². The van der Waals surface area contributed by atoms with Gasteiger partial charge in [-0.15, -0.1) is 0 Å². The van der Waals surface area contributed by atoms with Gasteiger partial charge in [-0.25, -0.2) is 0 Å². The number of anilines is 1. The first-order valence-corrected chi connectivity index (χ1v) is 9.31. The molecule has 1 amide bonds. The molecule has 0 saturated heterocycles. The van der Waals surface area contributed by atoms with E-state index >= 15 is 0 Å². The monoisotopic (exact) mass is 385 g/mol. The van der Waals surface area contributed by atoms with Crippen LogP contribution in [0.2, 0.25) is 0 Å². The summed E-state index contributed by atoms with van der Waals surface area (Å²) in [5, 5.41) is 19.8. The highest BCUT2D eigenvalue weighted by molar-refractivity contribution is 5.86. The second kappa shape index (κ2) is 8.49. The van der Waals surface area contributed by atoms with Crippen LogP contribution in [0.5, 0.6) is 5.75 Å². The molecule has 5 heteroatoms. The van der Waals surface area contributed by atoms with Crippen LogP contribution in [0.15, 0.2) is 66.7 Å². The molecule has 0 aliphatic rings. The summed E-state index contributed by atoms with van der Waals surface area (Å²) >= 11 is 0. The minimum Gasteiger partial charge on any atom is -0.507 e. The largest absolute Gasteiger partial charge is 0.507 e. The van der Waals surface area contributed by atoms with Gasteiger partial charge in [-0.05, 0) is 55.3 Å². The quantitative estimate of drug-likeness (QED) is 0.668. The standard InChI is InChI=1S/C24H23N3O2/c1-16-12-17(2)23(28)21(13-16)22(24(26)29)27(15-19-6-4-3-5-7-19)20-10-8-18(14-25)9-11-20/h3-13,22,28H,15H2,1-2H3,(H2,26,29). The minimum absolute atomic E-state index is 0.0612. The number of rotatable bonds is 6. The number of primary amides is 1. The summed E-state index contributed by atoms with van der Waals surface area (Å²) in [6.07, 6.45) is 0. The van der Waals surface area contributed by atoms with Crippen LogP contribution in [0.1, 0.15) is 33.9 Å². The van der Waals surface area contributed by atoms with Crippen LogP contribution in [-0.4, -0.2) is 11.0 Å². The number of carbonyl (C=O) groups is 1. The molecule has 0 fully saturated rings. The molecule has 0 aromatic heterocycles. The van der Waals surface area contributed by atoms with Crippen molar-refractivity contribution in [3.8, 4) is 11.8 Å². The summed E-state index contributed by atoms with van der Waals surface area (Å²) in [5.41, 5.74) is 10.2. The summed E-state index contributed by atoms with van der Waals surface area (Å²) in [5.74, 6) is -0.503. The maximum absolute atomic E-state index is 12.6. The van der Waals surface area contributed by atoms with Crippen molar-refractivity contribution in [3.05, 3.63) is 94.5 Å². The summed E-state index contributed by atoms with van der Waals surface area (Å²) in [6, 6.07) is 21.6. The highest BCUT2D eigenvalue weighted by Gasteiger charge is 2.29. The Balaban J connectivity index is 2.15. The third-order valence-electron chi connectivity index (χ3n) is 4.87. The molecule has 0 aliphatic carbocycles. The van der Waals surface area contributed by atoms with Gasteiger partial charge in [0.15, 0.2) is 0 Å². The third-order valence-corrected chi connectivity index (χ3v) is 4.87. The Hall–Kier alpha value is -3.78. The van der Waals surface area contributed by atoms with Crippen LogP contribution in [0.3, 0.4) is 0 Å². The van der Waals surface area contributed by atoms with E-state index in [0.717, 1.165) is 16.8 Å². The second-order valence-electron chi connectivity index (χ2n) is 7.10. The molecule has 5 nitrogen and oxygen atoms in total. The molecule has 0 heterocycles.